The topological polar surface area (TPSA) is 37.3 Å². The maximum Gasteiger partial charge on any atom is 0.145 e. The molecule has 3 heteroatoms. The maximum atomic E-state index is 11.2. The standard InChI is InChI=1S/C9H16O2S/c1-7(4-5-10)12-6-9(11)8-2-3-8/h7-8,10H,2-6H2,1H3. The van der Waals surface area contributed by atoms with Crippen LogP contribution in [0.15, 0.2) is 0 Å². The summed E-state index contributed by atoms with van der Waals surface area (Å²) in [6.07, 6.45) is 3.00. The SMILES string of the molecule is CC(CCO)SCC(=O)C1CC1. The van der Waals surface area contributed by atoms with Crippen LogP contribution in [0.4, 0.5) is 0 Å². The van der Waals surface area contributed by atoms with Gasteiger partial charge in [0.15, 0.2) is 0 Å². The number of carbonyl (C=O) groups is 1. The number of carbonyl (C=O) groups excluding carboxylic acids is 1. The number of aliphatic hydroxyl groups excluding tert-OH is 1. The van der Waals surface area contributed by atoms with Crippen LogP contribution in [0.25, 0.3) is 0 Å². The molecular formula is C9H16O2S. The van der Waals surface area contributed by atoms with E-state index < -0.39 is 0 Å². The van der Waals surface area contributed by atoms with Crippen molar-refractivity contribution in [3.63, 3.8) is 0 Å². The highest BCUT2D eigenvalue weighted by Gasteiger charge is 2.29. The Morgan fingerprint density at radius 2 is 2.33 bits per heavy atom. The summed E-state index contributed by atoms with van der Waals surface area (Å²) in [6.45, 7) is 2.28. The Labute approximate surface area is 77.7 Å². The van der Waals surface area contributed by atoms with Crippen molar-refractivity contribution in [2.75, 3.05) is 12.4 Å². The van der Waals surface area contributed by atoms with E-state index in [-0.39, 0.29) is 6.61 Å². The normalized spacial score (nSPS) is 19.2. The Bertz CT molecular complexity index is 155. The van der Waals surface area contributed by atoms with Crippen LogP contribution in [0, 0.1) is 5.92 Å². The molecule has 1 fully saturated rings. The molecule has 0 aromatic heterocycles. The van der Waals surface area contributed by atoms with Gasteiger partial charge in [-0.25, -0.2) is 0 Å². The van der Waals surface area contributed by atoms with E-state index in [1.54, 1.807) is 11.8 Å². The molecule has 0 aromatic carbocycles. The minimum atomic E-state index is 0.228. The zero-order chi connectivity index (χ0) is 8.97. The Balaban J connectivity index is 2.03. The number of ketones is 1. The Kier molecular flexibility index (Phi) is 4.09. The molecule has 0 bridgehead atoms. The number of Topliss-reactive ketones (excluding diaryl/α,β-unsaturated/α-hetero) is 1. The number of rotatable bonds is 6. The minimum absolute atomic E-state index is 0.228. The van der Waals surface area contributed by atoms with Crippen LogP contribution >= 0.6 is 11.8 Å². The van der Waals surface area contributed by atoms with Crippen LogP contribution in [0.1, 0.15) is 26.2 Å². The summed E-state index contributed by atoms with van der Waals surface area (Å²) in [6, 6.07) is 0. The van der Waals surface area contributed by atoms with E-state index >= 15 is 0 Å². The zero-order valence-electron chi connectivity index (χ0n) is 7.45. The van der Waals surface area contributed by atoms with Crippen molar-refractivity contribution in [2.24, 2.45) is 5.92 Å². The first-order valence-corrected chi connectivity index (χ1v) is 5.54. The molecule has 1 aliphatic rings. The number of thioether (sulfide) groups is 1. The van der Waals surface area contributed by atoms with Gasteiger partial charge in [-0.1, -0.05) is 6.92 Å². The number of aliphatic hydroxyl groups is 1. The highest BCUT2D eigenvalue weighted by molar-refractivity contribution is 8.00. The highest BCUT2D eigenvalue weighted by Crippen LogP contribution is 2.31. The lowest BCUT2D eigenvalue weighted by atomic mass is 10.3. The molecule has 1 saturated carbocycles. The molecule has 1 rings (SSSR count). The maximum absolute atomic E-state index is 11.2. The van der Waals surface area contributed by atoms with Crippen LogP contribution in [-0.4, -0.2) is 28.5 Å². The molecule has 1 N–H and O–H groups in total. The van der Waals surface area contributed by atoms with Crippen molar-refractivity contribution < 1.29 is 9.90 Å². The number of hydrogen-bond donors (Lipinski definition) is 1. The summed E-state index contributed by atoms with van der Waals surface area (Å²) in [5, 5.41) is 9.04. The van der Waals surface area contributed by atoms with Crippen molar-refractivity contribution in [3.8, 4) is 0 Å². The molecule has 0 aliphatic heterocycles. The third kappa shape index (κ3) is 3.59. The van der Waals surface area contributed by atoms with Gasteiger partial charge in [0.1, 0.15) is 5.78 Å². The first-order valence-electron chi connectivity index (χ1n) is 4.49. The molecule has 2 nitrogen and oxygen atoms in total. The van der Waals surface area contributed by atoms with E-state index in [0.29, 0.717) is 22.7 Å². The van der Waals surface area contributed by atoms with E-state index in [1.165, 1.54) is 0 Å². The lowest BCUT2D eigenvalue weighted by molar-refractivity contribution is -0.117. The summed E-state index contributed by atoms with van der Waals surface area (Å²) in [4.78, 5) is 11.2. The molecule has 0 radical (unpaired) electrons. The quantitative estimate of drug-likeness (QED) is 0.686. The van der Waals surface area contributed by atoms with E-state index in [9.17, 15) is 4.79 Å². The minimum Gasteiger partial charge on any atom is -0.396 e. The summed E-state index contributed by atoms with van der Waals surface area (Å²) in [7, 11) is 0. The van der Waals surface area contributed by atoms with Crippen LogP contribution in [0.5, 0.6) is 0 Å². The molecule has 0 amide bonds. The third-order valence-electron chi connectivity index (χ3n) is 2.08. The molecule has 1 aliphatic carbocycles. The summed E-state index contributed by atoms with van der Waals surface area (Å²) in [5.74, 6) is 1.44. The fourth-order valence-electron chi connectivity index (χ4n) is 1.01. The Morgan fingerprint density at radius 1 is 1.67 bits per heavy atom. The largest absolute Gasteiger partial charge is 0.396 e. The van der Waals surface area contributed by atoms with Crippen LogP contribution in [0.3, 0.4) is 0 Å². The van der Waals surface area contributed by atoms with Crippen molar-refractivity contribution in [1.29, 1.82) is 0 Å². The van der Waals surface area contributed by atoms with E-state index in [4.69, 9.17) is 5.11 Å². The van der Waals surface area contributed by atoms with Gasteiger partial charge in [0, 0.05) is 17.8 Å². The second kappa shape index (κ2) is 4.87. The Hall–Kier alpha value is -0.0200. The van der Waals surface area contributed by atoms with E-state index in [0.717, 1.165) is 19.3 Å². The first-order chi connectivity index (χ1) is 5.74. The van der Waals surface area contributed by atoms with Gasteiger partial charge in [-0.05, 0) is 19.3 Å². The molecule has 12 heavy (non-hydrogen) atoms. The number of hydrogen-bond acceptors (Lipinski definition) is 3. The van der Waals surface area contributed by atoms with Crippen molar-refractivity contribution in [1.82, 2.24) is 0 Å². The summed E-state index contributed by atoms with van der Waals surface area (Å²) < 4.78 is 0. The average molecular weight is 188 g/mol. The fourth-order valence-corrected chi connectivity index (χ4v) is 1.97. The smallest absolute Gasteiger partial charge is 0.145 e. The monoisotopic (exact) mass is 188 g/mol. The van der Waals surface area contributed by atoms with Gasteiger partial charge < -0.3 is 5.11 Å². The zero-order valence-corrected chi connectivity index (χ0v) is 8.27. The molecule has 1 atom stereocenters. The Morgan fingerprint density at radius 3 is 2.83 bits per heavy atom. The van der Waals surface area contributed by atoms with Crippen LogP contribution in [-0.2, 0) is 4.79 Å². The van der Waals surface area contributed by atoms with Gasteiger partial charge >= 0.3 is 0 Å². The van der Waals surface area contributed by atoms with Gasteiger partial charge in [0.05, 0.1) is 5.75 Å². The van der Waals surface area contributed by atoms with Gasteiger partial charge in [0.25, 0.3) is 0 Å². The van der Waals surface area contributed by atoms with Gasteiger partial charge in [-0.3, -0.25) is 4.79 Å². The predicted molar refractivity (Wildman–Crippen MR) is 51.4 cm³/mol. The molecular weight excluding hydrogens is 172 g/mol. The van der Waals surface area contributed by atoms with Crippen LogP contribution < -0.4 is 0 Å². The predicted octanol–water partition coefficient (Wildman–Crippen LogP) is 1.47. The van der Waals surface area contributed by atoms with E-state index in [2.05, 4.69) is 6.92 Å². The highest BCUT2D eigenvalue weighted by atomic mass is 32.2. The summed E-state index contributed by atoms with van der Waals surface area (Å²) >= 11 is 1.67. The van der Waals surface area contributed by atoms with Gasteiger partial charge in [0.2, 0.25) is 0 Å². The van der Waals surface area contributed by atoms with Gasteiger partial charge in [-0.15, -0.1) is 0 Å². The average Bonchev–Trinajstić information content (AvgIpc) is 2.83. The van der Waals surface area contributed by atoms with E-state index in [1.807, 2.05) is 0 Å². The summed E-state index contributed by atoms with van der Waals surface area (Å²) in [5.41, 5.74) is 0. The molecule has 1 unspecified atom stereocenters. The second-order valence-corrected chi connectivity index (χ2v) is 4.80. The van der Waals surface area contributed by atoms with Crippen molar-refractivity contribution >= 4 is 17.5 Å². The molecule has 0 heterocycles. The lowest BCUT2D eigenvalue weighted by Gasteiger charge is -2.07. The van der Waals surface area contributed by atoms with Gasteiger partial charge in [-0.2, -0.15) is 11.8 Å². The molecule has 70 valence electrons. The second-order valence-electron chi connectivity index (χ2n) is 3.37. The molecule has 0 saturated heterocycles. The first kappa shape index (κ1) is 10.1. The molecule has 0 aromatic rings. The lowest BCUT2D eigenvalue weighted by Crippen LogP contribution is -2.08. The van der Waals surface area contributed by atoms with Crippen LogP contribution in [0.2, 0.25) is 0 Å². The third-order valence-corrected chi connectivity index (χ3v) is 3.33. The molecule has 0 spiro atoms. The van der Waals surface area contributed by atoms with Crippen molar-refractivity contribution in [2.45, 2.75) is 31.4 Å². The van der Waals surface area contributed by atoms with Crippen molar-refractivity contribution in [3.05, 3.63) is 0 Å². The fraction of sp³-hybridized carbons (Fsp3) is 0.889.